The second-order valence-electron chi connectivity index (χ2n) is 4.15. The maximum Gasteiger partial charge on any atom is 0.265 e. The molecule has 0 aliphatic heterocycles. The summed E-state index contributed by atoms with van der Waals surface area (Å²) < 4.78 is 26.0. The zero-order chi connectivity index (χ0) is 15.5. The summed E-state index contributed by atoms with van der Waals surface area (Å²) in [6.45, 7) is 0. The van der Waals surface area contributed by atoms with Gasteiger partial charge in [0, 0.05) is 13.2 Å². The molecule has 2 aromatic rings. The lowest BCUT2D eigenvalue weighted by Gasteiger charge is -2.19. The lowest BCUT2D eigenvalue weighted by molar-refractivity contribution is 0.594. The fourth-order valence-corrected chi connectivity index (χ4v) is 2.80. The molecule has 0 bridgehead atoms. The van der Waals surface area contributed by atoms with Gasteiger partial charge in [-0.25, -0.2) is 19.2 Å². The first-order valence-electron chi connectivity index (χ1n) is 5.91. The molecule has 0 radical (unpaired) electrons. The van der Waals surface area contributed by atoms with E-state index in [-0.39, 0.29) is 4.90 Å². The number of aromatic nitrogens is 1. The van der Waals surface area contributed by atoms with Gasteiger partial charge < -0.3 is 5.43 Å². The number of nitrogen functional groups attached to an aromatic ring is 1. The van der Waals surface area contributed by atoms with Crippen molar-refractivity contribution in [2.75, 3.05) is 16.8 Å². The standard InChI is InChI=1S/C13H13N5O2S/c1-18(11-4-2-10(8-14)3-5-11)21(19,20)12-6-7-13(17-15)16-9-12/h2-7,9H,15H2,1H3,(H,16,17). The summed E-state index contributed by atoms with van der Waals surface area (Å²) in [5, 5.41) is 8.75. The summed E-state index contributed by atoms with van der Waals surface area (Å²) >= 11 is 0. The average molecular weight is 303 g/mol. The summed E-state index contributed by atoms with van der Waals surface area (Å²) in [4.78, 5) is 3.93. The highest BCUT2D eigenvalue weighted by Crippen LogP contribution is 2.22. The molecule has 0 aliphatic rings. The summed E-state index contributed by atoms with van der Waals surface area (Å²) in [7, 11) is -2.28. The van der Waals surface area contributed by atoms with Crippen LogP contribution in [0.25, 0.3) is 0 Å². The van der Waals surface area contributed by atoms with Gasteiger partial charge in [0.1, 0.15) is 10.7 Å². The molecule has 0 amide bonds. The smallest absolute Gasteiger partial charge is 0.265 e. The first-order valence-corrected chi connectivity index (χ1v) is 7.35. The Labute approximate surface area is 122 Å². The Balaban J connectivity index is 2.34. The molecule has 0 atom stereocenters. The van der Waals surface area contributed by atoms with E-state index in [0.717, 1.165) is 4.31 Å². The highest BCUT2D eigenvalue weighted by Gasteiger charge is 2.21. The Morgan fingerprint density at radius 3 is 2.38 bits per heavy atom. The van der Waals surface area contributed by atoms with Gasteiger partial charge in [-0.15, -0.1) is 0 Å². The van der Waals surface area contributed by atoms with Gasteiger partial charge in [-0.2, -0.15) is 5.26 Å². The Morgan fingerprint density at radius 1 is 1.24 bits per heavy atom. The van der Waals surface area contributed by atoms with Crippen molar-refractivity contribution in [2.45, 2.75) is 4.90 Å². The highest BCUT2D eigenvalue weighted by molar-refractivity contribution is 7.92. The van der Waals surface area contributed by atoms with Gasteiger partial charge in [0.2, 0.25) is 0 Å². The number of hydrazine groups is 1. The van der Waals surface area contributed by atoms with Crippen LogP contribution in [0.1, 0.15) is 5.56 Å². The molecular formula is C13H13N5O2S. The Morgan fingerprint density at radius 2 is 1.90 bits per heavy atom. The van der Waals surface area contributed by atoms with Crippen LogP contribution in [0.3, 0.4) is 0 Å². The minimum atomic E-state index is -3.72. The van der Waals surface area contributed by atoms with Crippen molar-refractivity contribution in [1.29, 1.82) is 5.26 Å². The van der Waals surface area contributed by atoms with Crippen molar-refractivity contribution in [3.63, 3.8) is 0 Å². The van der Waals surface area contributed by atoms with Crippen molar-refractivity contribution in [1.82, 2.24) is 4.98 Å². The van der Waals surface area contributed by atoms with E-state index in [1.165, 1.54) is 25.4 Å². The molecule has 8 heteroatoms. The van der Waals surface area contributed by atoms with Crippen LogP contribution in [0.4, 0.5) is 11.5 Å². The Kier molecular flexibility index (Phi) is 4.07. The molecule has 0 saturated heterocycles. The van der Waals surface area contributed by atoms with Gasteiger partial charge in [0.15, 0.2) is 0 Å². The summed E-state index contributed by atoms with van der Waals surface area (Å²) in [6, 6.07) is 11.1. The average Bonchev–Trinajstić information content (AvgIpc) is 2.54. The maximum atomic E-state index is 12.5. The minimum absolute atomic E-state index is 0.0494. The van der Waals surface area contributed by atoms with Crippen LogP contribution in [0.5, 0.6) is 0 Å². The second-order valence-corrected chi connectivity index (χ2v) is 6.12. The van der Waals surface area contributed by atoms with Gasteiger partial charge in [0.25, 0.3) is 10.0 Å². The van der Waals surface area contributed by atoms with Crippen molar-refractivity contribution in [3.8, 4) is 6.07 Å². The van der Waals surface area contributed by atoms with Crippen LogP contribution in [0, 0.1) is 11.3 Å². The molecule has 0 unspecified atom stereocenters. The molecule has 3 N–H and O–H groups in total. The van der Waals surface area contributed by atoms with Gasteiger partial charge in [-0.05, 0) is 36.4 Å². The van der Waals surface area contributed by atoms with Gasteiger partial charge in [0.05, 0.1) is 17.3 Å². The minimum Gasteiger partial charge on any atom is -0.308 e. The van der Waals surface area contributed by atoms with Gasteiger partial charge in [-0.3, -0.25) is 4.31 Å². The number of nitriles is 1. The number of nitrogens with two attached hydrogens (primary N) is 1. The van der Waals surface area contributed by atoms with Crippen LogP contribution in [-0.2, 0) is 10.0 Å². The first-order chi connectivity index (χ1) is 9.98. The van der Waals surface area contributed by atoms with Gasteiger partial charge >= 0.3 is 0 Å². The van der Waals surface area contributed by atoms with Crippen molar-refractivity contribution in [3.05, 3.63) is 48.2 Å². The Hall–Kier alpha value is -2.63. The number of sulfonamides is 1. The molecule has 0 saturated carbocycles. The molecule has 1 heterocycles. The van der Waals surface area contributed by atoms with Gasteiger partial charge in [-0.1, -0.05) is 0 Å². The molecule has 7 nitrogen and oxygen atoms in total. The number of benzene rings is 1. The fourth-order valence-electron chi connectivity index (χ4n) is 1.66. The molecular weight excluding hydrogens is 290 g/mol. The number of hydrogen-bond acceptors (Lipinski definition) is 6. The van der Waals surface area contributed by atoms with Crippen molar-refractivity contribution < 1.29 is 8.42 Å². The summed E-state index contributed by atoms with van der Waals surface area (Å²) in [5.74, 6) is 5.56. The van der Waals surface area contributed by atoms with E-state index in [2.05, 4.69) is 10.4 Å². The topological polar surface area (TPSA) is 112 Å². The van der Waals surface area contributed by atoms with Crippen LogP contribution in [0.15, 0.2) is 47.5 Å². The van der Waals surface area contributed by atoms with Crippen LogP contribution in [-0.4, -0.2) is 20.4 Å². The Bertz CT molecular complexity index is 764. The third-order valence-electron chi connectivity index (χ3n) is 2.90. The molecule has 21 heavy (non-hydrogen) atoms. The summed E-state index contributed by atoms with van der Waals surface area (Å²) in [5.41, 5.74) is 3.25. The van der Waals surface area contributed by atoms with E-state index >= 15 is 0 Å². The highest BCUT2D eigenvalue weighted by atomic mass is 32.2. The lowest BCUT2D eigenvalue weighted by atomic mass is 10.2. The molecule has 1 aromatic heterocycles. The second kappa shape index (κ2) is 5.78. The number of pyridine rings is 1. The van der Waals surface area contributed by atoms with E-state index < -0.39 is 10.0 Å². The normalized spacial score (nSPS) is 10.7. The number of anilines is 2. The van der Waals surface area contributed by atoms with Crippen molar-refractivity contribution in [2.24, 2.45) is 5.84 Å². The van der Waals surface area contributed by atoms with Crippen LogP contribution in [0.2, 0.25) is 0 Å². The number of nitrogens with zero attached hydrogens (tertiary/aromatic N) is 3. The van der Waals surface area contributed by atoms with E-state index in [1.54, 1.807) is 24.3 Å². The number of nitrogens with one attached hydrogen (secondary N) is 1. The predicted octanol–water partition coefficient (Wildman–Crippen LogP) is 1.06. The molecule has 1 aromatic carbocycles. The lowest BCUT2D eigenvalue weighted by Crippen LogP contribution is -2.26. The zero-order valence-corrected chi connectivity index (χ0v) is 12.0. The monoisotopic (exact) mass is 303 g/mol. The van der Waals surface area contributed by atoms with Crippen molar-refractivity contribution >= 4 is 21.5 Å². The molecule has 2 rings (SSSR count). The maximum absolute atomic E-state index is 12.5. The molecule has 0 fully saturated rings. The molecule has 0 aliphatic carbocycles. The SMILES string of the molecule is CN(c1ccc(C#N)cc1)S(=O)(=O)c1ccc(NN)nc1. The van der Waals surface area contributed by atoms with E-state index in [9.17, 15) is 8.42 Å². The van der Waals surface area contributed by atoms with Crippen LogP contribution < -0.4 is 15.6 Å². The largest absolute Gasteiger partial charge is 0.308 e. The third kappa shape index (κ3) is 2.94. The van der Waals surface area contributed by atoms with Crippen LogP contribution >= 0.6 is 0 Å². The fraction of sp³-hybridized carbons (Fsp3) is 0.0769. The first kappa shape index (κ1) is 14.8. The summed E-state index contributed by atoms with van der Waals surface area (Å²) in [6.07, 6.45) is 1.23. The number of rotatable bonds is 4. The predicted molar refractivity (Wildman–Crippen MR) is 78.8 cm³/mol. The third-order valence-corrected chi connectivity index (χ3v) is 4.67. The van der Waals surface area contributed by atoms with E-state index in [0.29, 0.717) is 17.1 Å². The van der Waals surface area contributed by atoms with E-state index in [4.69, 9.17) is 11.1 Å². The number of hydrogen-bond donors (Lipinski definition) is 2. The molecule has 0 spiro atoms. The zero-order valence-electron chi connectivity index (χ0n) is 11.2. The van der Waals surface area contributed by atoms with E-state index in [1.807, 2.05) is 6.07 Å². The molecule has 108 valence electrons. The quantitative estimate of drug-likeness (QED) is 0.645.